The van der Waals surface area contributed by atoms with E-state index in [9.17, 15) is 0 Å². The van der Waals surface area contributed by atoms with Crippen LogP contribution in [0.2, 0.25) is 0 Å². The van der Waals surface area contributed by atoms with E-state index in [4.69, 9.17) is 0 Å². The van der Waals surface area contributed by atoms with Gasteiger partial charge in [-0.15, -0.1) is 0 Å². The first-order valence-electron chi connectivity index (χ1n) is 19.0. The summed E-state index contributed by atoms with van der Waals surface area (Å²) in [5.74, 6) is 0.295. The molecule has 0 saturated heterocycles. The second-order valence-electron chi connectivity index (χ2n) is 15.4. The number of rotatable bonds is 7. The smallest absolute Gasteiger partial charge is 0.0629 e. The molecule has 262 valence electrons. The Hall–Kier alpha value is -6.38. The zero-order valence-electron chi connectivity index (χ0n) is 31.1. The highest BCUT2D eigenvalue weighted by molar-refractivity contribution is 5.83. The average molecular weight is 697 g/mol. The number of allylic oxidation sites excluding steroid dienone is 2. The van der Waals surface area contributed by atoms with Gasteiger partial charge in [0.05, 0.1) is 6.04 Å². The number of fused-ring (bicyclic) bond motifs is 3. The molecule has 0 fully saturated rings. The standard InChI is InChI=1S/C52H44N2/c1-52(2,3)43-29-33-51-49(36-43)48-35-42(28-32-50(48)54(51)45-19-11-6-12-20-45)40-24-22-39(23-25-40)41-16-13-21-47(34-41)53(44-17-9-5-10-18-44)46-30-26-38(27-31-46)37-14-7-4-8-15-37/h4-36,49,51H,1-3H3. The number of hydrogen-bond acceptors (Lipinski definition) is 2. The van der Waals surface area contributed by atoms with Crippen LogP contribution in [-0.2, 0) is 0 Å². The quantitative estimate of drug-likeness (QED) is 0.164. The van der Waals surface area contributed by atoms with Crippen LogP contribution in [0.1, 0.15) is 32.3 Å². The minimum absolute atomic E-state index is 0.0949. The predicted octanol–water partition coefficient (Wildman–Crippen LogP) is 14.3. The summed E-state index contributed by atoms with van der Waals surface area (Å²) >= 11 is 0. The molecule has 1 aliphatic carbocycles. The van der Waals surface area contributed by atoms with Crippen molar-refractivity contribution in [3.05, 3.63) is 211 Å². The van der Waals surface area contributed by atoms with Gasteiger partial charge >= 0.3 is 0 Å². The van der Waals surface area contributed by atoms with E-state index in [-0.39, 0.29) is 11.5 Å². The van der Waals surface area contributed by atoms with Crippen molar-refractivity contribution in [1.82, 2.24) is 0 Å². The molecule has 2 atom stereocenters. The molecule has 0 N–H and O–H groups in total. The Labute approximate surface area is 320 Å². The normalized spacial score (nSPS) is 16.1. The van der Waals surface area contributed by atoms with Crippen molar-refractivity contribution in [3.8, 4) is 33.4 Å². The van der Waals surface area contributed by atoms with Gasteiger partial charge in [0.25, 0.3) is 0 Å². The van der Waals surface area contributed by atoms with Crippen molar-refractivity contribution < 1.29 is 0 Å². The Balaban J connectivity index is 1.03. The maximum absolute atomic E-state index is 2.52. The molecule has 0 radical (unpaired) electrons. The third-order valence-corrected chi connectivity index (χ3v) is 10.9. The molecule has 0 saturated carbocycles. The van der Waals surface area contributed by atoms with Gasteiger partial charge in [-0.05, 0) is 111 Å². The lowest BCUT2D eigenvalue weighted by Crippen LogP contribution is -2.30. The van der Waals surface area contributed by atoms with Crippen LogP contribution in [-0.4, -0.2) is 6.04 Å². The Morgan fingerprint density at radius 1 is 0.463 bits per heavy atom. The summed E-state index contributed by atoms with van der Waals surface area (Å²) in [5, 5.41) is 0. The molecule has 0 aromatic heterocycles. The lowest BCUT2D eigenvalue weighted by atomic mass is 9.78. The molecule has 54 heavy (non-hydrogen) atoms. The summed E-state index contributed by atoms with van der Waals surface area (Å²) in [6.45, 7) is 6.93. The van der Waals surface area contributed by atoms with Crippen LogP contribution in [0.15, 0.2) is 206 Å². The van der Waals surface area contributed by atoms with Gasteiger partial charge in [-0.2, -0.15) is 0 Å². The molecule has 7 aromatic carbocycles. The highest BCUT2D eigenvalue weighted by atomic mass is 15.2. The first-order valence-corrected chi connectivity index (χ1v) is 19.0. The fourth-order valence-corrected chi connectivity index (χ4v) is 8.11. The van der Waals surface area contributed by atoms with Gasteiger partial charge in [-0.3, -0.25) is 0 Å². The molecule has 1 heterocycles. The summed E-state index contributed by atoms with van der Waals surface area (Å²) in [6, 6.07) is 66.2. The highest BCUT2D eigenvalue weighted by Crippen LogP contribution is 2.51. The summed E-state index contributed by atoms with van der Waals surface area (Å²) in [4.78, 5) is 4.85. The van der Waals surface area contributed by atoms with E-state index >= 15 is 0 Å². The molecule has 1 aliphatic heterocycles. The Bertz CT molecular complexity index is 2450. The van der Waals surface area contributed by atoms with Crippen molar-refractivity contribution in [2.75, 3.05) is 9.80 Å². The van der Waals surface area contributed by atoms with E-state index in [1.807, 2.05) is 0 Å². The van der Waals surface area contributed by atoms with Gasteiger partial charge in [-0.25, -0.2) is 0 Å². The Morgan fingerprint density at radius 3 is 1.63 bits per heavy atom. The third kappa shape index (κ3) is 6.35. The van der Waals surface area contributed by atoms with Crippen LogP contribution in [0, 0.1) is 5.41 Å². The fraction of sp³-hybridized carbons (Fsp3) is 0.115. The van der Waals surface area contributed by atoms with Gasteiger partial charge in [0.1, 0.15) is 0 Å². The van der Waals surface area contributed by atoms with Crippen molar-refractivity contribution in [2.24, 2.45) is 5.41 Å². The second kappa shape index (κ2) is 13.9. The second-order valence-corrected chi connectivity index (χ2v) is 15.4. The maximum Gasteiger partial charge on any atom is 0.0629 e. The van der Waals surface area contributed by atoms with E-state index in [1.165, 1.54) is 55.9 Å². The fourth-order valence-electron chi connectivity index (χ4n) is 8.11. The van der Waals surface area contributed by atoms with Crippen LogP contribution in [0.4, 0.5) is 28.4 Å². The highest BCUT2D eigenvalue weighted by Gasteiger charge is 2.39. The topological polar surface area (TPSA) is 6.48 Å². The molecule has 7 aromatic rings. The lowest BCUT2D eigenvalue weighted by Gasteiger charge is -2.32. The van der Waals surface area contributed by atoms with Gasteiger partial charge < -0.3 is 9.80 Å². The minimum atomic E-state index is 0.0949. The molecule has 2 nitrogen and oxygen atoms in total. The summed E-state index contributed by atoms with van der Waals surface area (Å²) in [5.41, 5.74) is 16.1. The molecule has 0 amide bonds. The molecular weight excluding hydrogens is 653 g/mol. The zero-order valence-corrected chi connectivity index (χ0v) is 31.1. The summed E-state index contributed by atoms with van der Waals surface area (Å²) < 4.78 is 0. The zero-order chi connectivity index (χ0) is 36.6. The Kier molecular flexibility index (Phi) is 8.60. The molecule has 2 unspecified atom stereocenters. The Morgan fingerprint density at radius 2 is 0.963 bits per heavy atom. The van der Waals surface area contributed by atoms with Crippen molar-refractivity contribution in [2.45, 2.75) is 32.7 Å². The molecule has 0 bridgehead atoms. The van der Waals surface area contributed by atoms with Crippen LogP contribution in [0.3, 0.4) is 0 Å². The first-order chi connectivity index (χ1) is 26.4. The SMILES string of the molecule is CC(C)(C)C1=CC2c3cc(-c4ccc(-c5cccc(N(c6ccccc6)c6ccc(-c7ccccc7)cc6)c5)cc4)ccc3N(c3ccccc3)C2C=C1. The van der Waals surface area contributed by atoms with E-state index in [1.54, 1.807) is 0 Å². The summed E-state index contributed by atoms with van der Waals surface area (Å²) in [7, 11) is 0. The van der Waals surface area contributed by atoms with Gasteiger partial charge in [0.2, 0.25) is 0 Å². The monoisotopic (exact) mass is 696 g/mol. The van der Waals surface area contributed by atoms with E-state index in [0.717, 1.165) is 17.1 Å². The molecule has 0 spiro atoms. The predicted molar refractivity (Wildman–Crippen MR) is 229 cm³/mol. The van der Waals surface area contributed by atoms with Crippen molar-refractivity contribution in [1.29, 1.82) is 0 Å². The molecule has 9 rings (SSSR count). The molecule has 2 aliphatic rings. The molecule has 2 heteroatoms. The molecular formula is C52H44N2. The summed E-state index contributed by atoms with van der Waals surface area (Å²) in [6.07, 6.45) is 7.28. The minimum Gasteiger partial charge on any atom is -0.333 e. The van der Waals surface area contributed by atoms with E-state index in [2.05, 4.69) is 231 Å². The van der Waals surface area contributed by atoms with Gasteiger partial charge in [0.15, 0.2) is 0 Å². The van der Waals surface area contributed by atoms with Crippen LogP contribution < -0.4 is 9.80 Å². The average Bonchev–Trinajstić information content (AvgIpc) is 3.55. The number of nitrogens with zero attached hydrogens (tertiary/aromatic N) is 2. The van der Waals surface area contributed by atoms with E-state index in [0.29, 0.717) is 5.92 Å². The number of anilines is 5. The third-order valence-electron chi connectivity index (χ3n) is 10.9. The van der Waals surface area contributed by atoms with Gasteiger partial charge in [-0.1, -0.05) is 160 Å². The largest absolute Gasteiger partial charge is 0.333 e. The van der Waals surface area contributed by atoms with E-state index < -0.39 is 0 Å². The van der Waals surface area contributed by atoms with Crippen molar-refractivity contribution in [3.63, 3.8) is 0 Å². The van der Waals surface area contributed by atoms with Gasteiger partial charge in [0, 0.05) is 34.4 Å². The number of para-hydroxylation sites is 2. The first kappa shape index (κ1) is 33.5. The van der Waals surface area contributed by atoms with Crippen LogP contribution >= 0.6 is 0 Å². The van der Waals surface area contributed by atoms with Crippen LogP contribution in [0.5, 0.6) is 0 Å². The lowest BCUT2D eigenvalue weighted by molar-refractivity contribution is 0.507. The maximum atomic E-state index is 2.52. The van der Waals surface area contributed by atoms with Crippen LogP contribution in [0.25, 0.3) is 33.4 Å². The number of hydrogen-bond donors (Lipinski definition) is 0. The number of benzene rings is 7. The van der Waals surface area contributed by atoms with Crippen molar-refractivity contribution >= 4 is 28.4 Å².